The molecule has 9 heteroatoms. The predicted molar refractivity (Wildman–Crippen MR) is 78.1 cm³/mol. The molecule has 0 radical (unpaired) electrons. The van der Waals surface area contributed by atoms with Crippen molar-refractivity contribution in [3.63, 3.8) is 0 Å². The molecule has 2 aromatic rings. The monoisotopic (exact) mass is 351 g/mol. The van der Waals surface area contributed by atoms with Crippen LogP contribution in [0.2, 0.25) is 0 Å². The number of carbonyl (C=O) groups excluding carboxylic acids is 1. The van der Waals surface area contributed by atoms with Crippen molar-refractivity contribution in [3.8, 4) is 0 Å². The minimum absolute atomic E-state index is 0.0431. The summed E-state index contributed by atoms with van der Waals surface area (Å²) in [6.07, 6.45) is 0. The average molecular weight is 352 g/mol. The Morgan fingerprint density at radius 3 is 2.62 bits per heavy atom. The third-order valence-corrected chi connectivity index (χ3v) is 3.57. The summed E-state index contributed by atoms with van der Waals surface area (Å²) >= 11 is 3.06. The van der Waals surface area contributed by atoms with Gasteiger partial charge in [0.25, 0.3) is 11.6 Å². The van der Waals surface area contributed by atoms with Crippen LogP contribution in [0.3, 0.4) is 0 Å². The maximum Gasteiger partial charge on any atom is 0.284 e. The number of benzene rings is 1. The van der Waals surface area contributed by atoms with Crippen molar-refractivity contribution in [2.45, 2.75) is 13.8 Å². The number of aryl methyl sites for hydroxylation is 2. The van der Waals surface area contributed by atoms with E-state index in [4.69, 9.17) is 0 Å². The second-order valence-corrected chi connectivity index (χ2v) is 4.95. The van der Waals surface area contributed by atoms with Gasteiger partial charge in [-0.15, -0.1) is 5.10 Å². The van der Waals surface area contributed by atoms with Crippen LogP contribution >= 0.6 is 15.9 Å². The summed E-state index contributed by atoms with van der Waals surface area (Å²) in [7, 11) is 0. The summed E-state index contributed by atoms with van der Waals surface area (Å²) < 4.78 is 0.101. The average Bonchev–Trinajstić information content (AvgIpc) is 2.42. The fourth-order valence-corrected chi connectivity index (χ4v) is 2.10. The third-order valence-electron chi connectivity index (χ3n) is 2.74. The smallest absolute Gasteiger partial charge is 0.284 e. The van der Waals surface area contributed by atoms with Crippen molar-refractivity contribution in [2.24, 2.45) is 0 Å². The van der Waals surface area contributed by atoms with Crippen LogP contribution in [0.1, 0.15) is 21.7 Å². The number of hydrogen-bond donors (Lipinski definition) is 1. The van der Waals surface area contributed by atoms with E-state index in [1.165, 1.54) is 18.2 Å². The lowest BCUT2D eigenvalue weighted by molar-refractivity contribution is -0.385. The van der Waals surface area contributed by atoms with Gasteiger partial charge in [-0.05, 0) is 35.8 Å². The van der Waals surface area contributed by atoms with Gasteiger partial charge >= 0.3 is 0 Å². The van der Waals surface area contributed by atoms with Crippen LogP contribution < -0.4 is 5.32 Å². The number of nitro groups is 1. The number of hydrogen-bond acceptors (Lipinski definition) is 6. The number of nitrogens with zero attached hydrogens (tertiary/aromatic N) is 4. The maximum absolute atomic E-state index is 12.1. The summed E-state index contributed by atoms with van der Waals surface area (Å²) in [5.41, 5.74) is 1.22. The van der Waals surface area contributed by atoms with E-state index in [0.29, 0.717) is 11.4 Å². The normalized spacial score (nSPS) is 10.2. The second kappa shape index (κ2) is 5.92. The SMILES string of the molecule is Cc1nnc(NC(=O)c2cccc([N+](=O)[O-])c2Br)nc1C. The van der Waals surface area contributed by atoms with Gasteiger partial charge < -0.3 is 0 Å². The summed E-state index contributed by atoms with van der Waals surface area (Å²) in [5, 5.41) is 20.9. The number of rotatable bonds is 3. The number of aromatic nitrogens is 3. The first kappa shape index (κ1) is 15.0. The van der Waals surface area contributed by atoms with Gasteiger partial charge in [0, 0.05) is 6.07 Å². The highest BCUT2D eigenvalue weighted by molar-refractivity contribution is 9.10. The molecule has 0 aliphatic rings. The van der Waals surface area contributed by atoms with Crippen LogP contribution in [0.5, 0.6) is 0 Å². The molecule has 0 aliphatic heterocycles. The summed E-state index contributed by atoms with van der Waals surface area (Å²) in [5.74, 6) is -0.517. The highest BCUT2D eigenvalue weighted by Gasteiger charge is 2.20. The van der Waals surface area contributed by atoms with Gasteiger partial charge in [-0.3, -0.25) is 20.2 Å². The van der Waals surface area contributed by atoms with E-state index in [9.17, 15) is 14.9 Å². The molecule has 21 heavy (non-hydrogen) atoms. The van der Waals surface area contributed by atoms with E-state index in [1.807, 2.05) is 0 Å². The van der Waals surface area contributed by atoms with Gasteiger partial charge in [0.05, 0.1) is 21.9 Å². The van der Waals surface area contributed by atoms with Gasteiger partial charge in [0.1, 0.15) is 4.47 Å². The van der Waals surface area contributed by atoms with Crippen molar-refractivity contribution >= 4 is 33.5 Å². The molecule has 0 aliphatic carbocycles. The minimum Gasteiger partial charge on any atom is -0.289 e. The number of nitro benzene ring substituents is 1. The van der Waals surface area contributed by atoms with Crippen molar-refractivity contribution < 1.29 is 9.72 Å². The topological polar surface area (TPSA) is 111 Å². The van der Waals surface area contributed by atoms with Crippen LogP contribution in [-0.2, 0) is 0 Å². The van der Waals surface area contributed by atoms with Crippen LogP contribution in [0.4, 0.5) is 11.6 Å². The van der Waals surface area contributed by atoms with Crippen molar-refractivity contribution in [1.82, 2.24) is 15.2 Å². The lowest BCUT2D eigenvalue weighted by Crippen LogP contribution is -2.16. The lowest BCUT2D eigenvalue weighted by Gasteiger charge is -2.06. The molecular weight excluding hydrogens is 342 g/mol. The molecule has 1 aromatic heterocycles. The first-order valence-corrected chi connectivity index (χ1v) is 6.61. The van der Waals surface area contributed by atoms with Crippen molar-refractivity contribution in [2.75, 3.05) is 5.32 Å². The predicted octanol–water partition coefficient (Wildman–Crippen LogP) is 2.41. The fraction of sp³-hybridized carbons (Fsp3) is 0.167. The Hall–Kier alpha value is -2.42. The quantitative estimate of drug-likeness (QED) is 0.671. The fourth-order valence-electron chi connectivity index (χ4n) is 1.51. The largest absolute Gasteiger partial charge is 0.289 e. The molecule has 0 unspecified atom stereocenters. The number of nitrogens with one attached hydrogen (secondary N) is 1. The maximum atomic E-state index is 12.1. The molecule has 1 N–H and O–H groups in total. The molecule has 0 atom stereocenters. The molecule has 0 fully saturated rings. The van der Waals surface area contributed by atoms with Gasteiger partial charge in [0.2, 0.25) is 5.95 Å². The molecular formula is C12H10BrN5O3. The van der Waals surface area contributed by atoms with Gasteiger partial charge in [-0.2, -0.15) is 5.10 Å². The number of halogens is 1. The Morgan fingerprint density at radius 1 is 1.29 bits per heavy atom. The van der Waals surface area contributed by atoms with Gasteiger partial charge in [-0.25, -0.2) is 4.98 Å². The molecule has 8 nitrogen and oxygen atoms in total. The summed E-state index contributed by atoms with van der Waals surface area (Å²) in [6.45, 7) is 3.49. The van der Waals surface area contributed by atoms with Crippen molar-refractivity contribution in [3.05, 3.63) is 49.7 Å². The zero-order valence-corrected chi connectivity index (χ0v) is 12.7. The molecule has 2 rings (SSSR count). The Balaban J connectivity index is 2.30. The van der Waals surface area contributed by atoms with E-state index in [0.717, 1.165) is 0 Å². The molecule has 0 spiro atoms. The van der Waals surface area contributed by atoms with Crippen LogP contribution in [0, 0.1) is 24.0 Å². The molecule has 1 aromatic carbocycles. The van der Waals surface area contributed by atoms with E-state index >= 15 is 0 Å². The Kier molecular flexibility index (Phi) is 4.22. The van der Waals surface area contributed by atoms with E-state index in [1.54, 1.807) is 13.8 Å². The first-order valence-electron chi connectivity index (χ1n) is 5.82. The highest BCUT2D eigenvalue weighted by atomic mass is 79.9. The molecule has 0 bridgehead atoms. The molecule has 1 amide bonds. The number of amides is 1. The summed E-state index contributed by atoms with van der Waals surface area (Å²) in [4.78, 5) is 26.5. The Bertz CT molecular complexity index is 735. The highest BCUT2D eigenvalue weighted by Crippen LogP contribution is 2.28. The Labute approximate surface area is 127 Å². The van der Waals surface area contributed by atoms with E-state index in [2.05, 4.69) is 36.4 Å². The molecule has 0 saturated heterocycles. The lowest BCUT2D eigenvalue weighted by atomic mass is 10.2. The minimum atomic E-state index is -0.574. The standard InChI is InChI=1S/C12H10BrN5O3/c1-6-7(2)16-17-12(14-6)15-11(19)8-4-3-5-9(10(8)13)18(20)21/h3-5H,1-2H3,(H,14,15,17,19). The number of anilines is 1. The third kappa shape index (κ3) is 3.19. The van der Waals surface area contributed by atoms with Crippen LogP contribution in [-0.4, -0.2) is 26.0 Å². The molecule has 1 heterocycles. The Morgan fingerprint density at radius 2 is 2.00 bits per heavy atom. The molecule has 108 valence electrons. The van der Waals surface area contributed by atoms with Gasteiger partial charge in [0.15, 0.2) is 0 Å². The second-order valence-electron chi connectivity index (χ2n) is 4.16. The van der Waals surface area contributed by atoms with Gasteiger partial charge in [-0.1, -0.05) is 6.07 Å². The summed E-state index contributed by atoms with van der Waals surface area (Å²) in [6, 6.07) is 4.19. The first-order chi connectivity index (χ1) is 9.90. The van der Waals surface area contributed by atoms with E-state index < -0.39 is 10.8 Å². The zero-order chi connectivity index (χ0) is 15.6. The molecule has 0 saturated carbocycles. The van der Waals surface area contributed by atoms with Crippen molar-refractivity contribution in [1.29, 1.82) is 0 Å². The zero-order valence-electron chi connectivity index (χ0n) is 11.1. The van der Waals surface area contributed by atoms with Crippen LogP contribution in [0.25, 0.3) is 0 Å². The van der Waals surface area contributed by atoms with Crippen LogP contribution in [0.15, 0.2) is 22.7 Å². The van der Waals surface area contributed by atoms with E-state index in [-0.39, 0.29) is 21.7 Å². The number of carbonyl (C=O) groups is 1.